The van der Waals surface area contributed by atoms with Crippen molar-refractivity contribution in [2.24, 2.45) is 5.92 Å². The lowest BCUT2D eigenvalue weighted by Gasteiger charge is -2.19. The summed E-state index contributed by atoms with van der Waals surface area (Å²) < 4.78 is 0. The van der Waals surface area contributed by atoms with Gasteiger partial charge in [0.05, 0.1) is 18.1 Å². The van der Waals surface area contributed by atoms with Crippen molar-refractivity contribution in [2.45, 2.75) is 51.5 Å². The van der Waals surface area contributed by atoms with Gasteiger partial charge in [-0.25, -0.2) is 4.98 Å². The maximum Gasteiger partial charge on any atom is 0.222 e. The van der Waals surface area contributed by atoms with E-state index in [1.165, 1.54) is 12.8 Å². The number of aromatic nitrogens is 1. The molecular weight excluding hydrogens is 280 g/mol. The van der Waals surface area contributed by atoms with Crippen LogP contribution in [0, 0.1) is 5.92 Å². The molecular formula is C14H21ClN2OS. The number of carbonyl (C=O) groups excluding carboxylic acids is 1. The Labute approximate surface area is 124 Å². The molecule has 5 heteroatoms. The third kappa shape index (κ3) is 4.18. The highest BCUT2D eigenvalue weighted by Crippen LogP contribution is 2.24. The van der Waals surface area contributed by atoms with E-state index < -0.39 is 0 Å². The molecule has 19 heavy (non-hydrogen) atoms. The van der Waals surface area contributed by atoms with Gasteiger partial charge in [-0.2, -0.15) is 0 Å². The lowest BCUT2D eigenvalue weighted by atomic mass is 9.96. The van der Waals surface area contributed by atoms with Crippen LogP contribution in [0.3, 0.4) is 0 Å². The van der Waals surface area contributed by atoms with E-state index in [9.17, 15) is 4.79 Å². The van der Waals surface area contributed by atoms with E-state index in [0.29, 0.717) is 24.8 Å². The largest absolute Gasteiger partial charge is 0.336 e. The predicted molar refractivity (Wildman–Crippen MR) is 79.3 cm³/mol. The van der Waals surface area contributed by atoms with E-state index in [1.807, 2.05) is 10.3 Å². The third-order valence-corrected chi connectivity index (χ3v) is 4.84. The smallest absolute Gasteiger partial charge is 0.222 e. The molecule has 1 aromatic rings. The highest BCUT2D eigenvalue weighted by atomic mass is 35.5. The van der Waals surface area contributed by atoms with Crippen molar-refractivity contribution in [1.82, 2.24) is 9.88 Å². The molecule has 1 saturated heterocycles. The number of nitrogens with zero attached hydrogens (tertiary/aromatic N) is 2. The number of hydrogen-bond acceptors (Lipinski definition) is 3. The number of alkyl halides is 1. The normalized spacial score (nSPS) is 20.6. The zero-order valence-corrected chi connectivity index (χ0v) is 13.0. The zero-order chi connectivity index (χ0) is 13.7. The summed E-state index contributed by atoms with van der Waals surface area (Å²) in [6, 6.07) is 0. The van der Waals surface area contributed by atoms with Crippen LogP contribution in [0.5, 0.6) is 0 Å². The molecule has 1 aromatic heterocycles. The molecule has 1 atom stereocenters. The Hall–Kier alpha value is -0.610. The molecule has 106 valence electrons. The van der Waals surface area contributed by atoms with Crippen LogP contribution in [0.4, 0.5) is 0 Å². The van der Waals surface area contributed by atoms with Crippen molar-refractivity contribution in [3.8, 4) is 0 Å². The van der Waals surface area contributed by atoms with Crippen LogP contribution in [0.2, 0.25) is 0 Å². The van der Waals surface area contributed by atoms with E-state index in [1.54, 1.807) is 11.3 Å². The Morgan fingerprint density at radius 2 is 2.37 bits per heavy atom. The van der Waals surface area contributed by atoms with Gasteiger partial charge in [0.1, 0.15) is 5.01 Å². The van der Waals surface area contributed by atoms with Crippen molar-refractivity contribution >= 4 is 28.8 Å². The van der Waals surface area contributed by atoms with Crippen LogP contribution in [0.15, 0.2) is 5.38 Å². The molecule has 1 amide bonds. The van der Waals surface area contributed by atoms with E-state index in [0.717, 1.165) is 30.1 Å². The van der Waals surface area contributed by atoms with Crippen LogP contribution in [-0.4, -0.2) is 22.3 Å². The molecule has 1 fully saturated rings. The Kier molecular flexibility index (Phi) is 5.64. The summed E-state index contributed by atoms with van der Waals surface area (Å²) in [7, 11) is 0. The average Bonchev–Trinajstić information content (AvgIpc) is 2.80. The van der Waals surface area contributed by atoms with Gasteiger partial charge in [0, 0.05) is 18.3 Å². The van der Waals surface area contributed by atoms with Crippen molar-refractivity contribution < 1.29 is 4.79 Å². The minimum Gasteiger partial charge on any atom is -0.336 e. The first kappa shape index (κ1) is 14.8. The molecule has 0 N–H and O–H groups in total. The predicted octanol–water partition coefficient (Wildman–Crippen LogP) is 3.81. The molecule has 3 nitrogen and oxygen atoms in total. The molecule has 1 unspecified atom stereocenters. The Morgan fingerprint density at radius 3 is 3.05 bits per heavy atom. The number of thiazole rings is 1. The summed E-state index contributed by atoms with van der Waals surface area (Å²) in [6.07, 6.45) is 5.33. The van der Waals surface area contributed by atoms with E-state index in [-0.39, 0.29) is 5.91 Å². The van der Waals surface area contributed by atoms with Gasteiger partial charge in [-0.1, -0.05) is 19.8 Å². The number of halogens is 1. The second kappa shape index (κ2) is 7.25. The number of rotatable bonds is 5. The van der Waals surface area contributed by atoms with Crippen molar-refractivity contribution in [3.63, 3.8) is 0 Å². The molecule has 2 heterocycles. The monoisotopic (exact) mass is 300 g/mol. The molecule has 0 aromatic carbocycles. The molecule has 0 aliphatic carbocycles. The lowest BCUT2D eigenvalue weighted by molar-refractivity contribution is -0.131. The topological polar surface area (TPSA) is 33.2 Å². The fourth-order valence-electron chi connectivity index (χ4n) is 2.60. The molecule has 0 radical (unpaired) electrons. The number of likely N-dealkylation sites (tertiary alicyclic amines) is 1. The second-order valence-corrected chi connectivity index (χ2v) is 6.37. The highest BCUT2D eigenvalue weighted by molar-refractivity contribution is 7.09. The molecule has 2 rings (SSSR count). The number of carbonyl (C=O) groups is 1. The molecule has 0 spiro atoms. The van der Waals surface area contributed by atoms with Crippen LogP contribution in [-0.2, 0) is 17.2 Å². The Bertz CT molecular complexity index is 421. The van der Waals surface area contributed by atoms with Gasteiger partial charge in [-0.15, -0.1) is 22.9 Å². The first-order valence-electron chi connectivity index (χ1n) is 7.00. The van der Waals surface area contributed by atoms with Crippen molar-refractivity contribution in [3.05, 3.63) is 16.1 Å². The van der Waals surface area contributed by atoms with E-state index in [4.69, 9.17) is 11.6 Å². The summed E-state index contributed by atoms with van der Waals surface area (Å²) in [5.74, 6) is 1.44. The van der Waals surface area contributed by atoms with Crippen molar-refractivity contribution in [2.75, 3.05) is 6.54 Å². The maximum absolute atomic E-state index is 12.1. The van der Waals surface area contributed by atoms with Gasteiger partial charge in [-0.3, -0.25) is 4.79 Å². The van der Waals surface area contributed by atoms with E-state index in [2.05, 4.69) is 11.9 Å². The van der Waals surface area contributed by atoms with Gasteiger partial charge in [0.2, 0.25) is 5.91 Å². The van der Waals surface area contributed by atoms with Crippen LogP contribution in [0.25, 0.3) is 0 Å². The first-order valence-corrected chi connectivity index (χ1v) is 8.41. The average molecular weight is 301 g/mol. The summed E-state index contributed by atoms with van der Waals surface area (Å²) in [5, 5.41) is 2.97. The molecule has 0 bridgehead atoms. The third-order valence-electron chi connectivity index (χ3n) is 3.69. The number of amides is 1. The van der Waals surface area contributed by atoms with E-state index >= 15 is 0 Å². The summed E-state index contributed by atoms with van der Waals surface area (Å²) in [4.78, 5) is 18.5. The summed E-state index contributed by atoms with van der Waals surface area (Å²) in [6.45, 7) is 3.74. The number of hydrogen-bond donors (Lipinski definition) is 0. The lowest BCUT2D eigenvalue weighted by Crippen LogP contribution is -2.29. The van der Waals surface area contributed by atoms with Gasteiger partial charge < -0.3 is 4.90 Å². The van der Waals surface area contributed by atoms with Crippen LogP contribution in [0.1, 0.15) is 49.7 Å². The van der Waals surface area contributed by atoms with Gasteiger partial charge in [0.25, 0.3) is 0 Å². The fourth-order valence-corrected chi connectivity index (χ4v) is 3.64. The minimum absolute atomic E-state index is 0.279. The minimum atomic E-state index is 0.279. The summed E-state index contributed by atoms with van der Waals surface area (Å²) >= 11 is 7.35. The zero-order valence-electron chi connectivity index (χ0n) is 11.4. The maximum atomic E-state index is 12.1. The SMILES string of the molecule is CCCC1CCC(=O)N(Cc2nc(CCl)cs2)CC1. The van der Waals surface area contributed by atoms with Gasteiger partial charge in [0.15, 0.2) is 0 Å². The Morgan fingerprint density at radius 1 is 1.53 bits per heavy atom. The molecule has 1 aliphatic rings. The summed E-state index contributed by atoms with van der Waals surface area (Å²) in [5.41, 5.74) is 0.910. The van der Waals surface area contributed by atoms with Crippen LogP contribution >= 0.6 is 22.9 Å². The molecule has 1 aliphatic heterocycles. The molecule has 0 saturated carbocycles. The van der Waals surface area contributed by atoms with Gasteiger partial charge >= 0.3 is 0 Å². The van der Waals surface area contributed by atoms with Crippen molar-refractivity contribution in [1.29, 1.82) is 0 Å². The quantitative estimate of drug-likeness (QED) is 0.775. The van der Waals surface area contributed by atoms with Crippen LogP contribution < -0.4 is 0 Å². The highest BCUT2D eigenvalue weighted by Gasteiger charge is 2.22. The second-order valence-electron chi connectivity index (χ2n) is 5.16. The van der Waals surface area contributed by atoms with Gasteiger partial charge in [-0.05, 0) is 18.8 Å². The first-order chi connectivity index (χ1) is 9.22. The Balaban J connectivity index is 1.93. The standard InChI is InChI=1S/C14H21ClN2OS/c1-2-3-11-4-5-14(18)17(7-6-11)9-13-16-12(8-15)10-19-13/h10-11H,2-9H2,1H3. The fraction of sp³-hybridized carbons (Fsp3) is 0.714.